The smallest absolute Gasteiger partial charge is 0.383 e. The van der Waals surface area contributed by atoms with Gasteiger partial charge in [-0.2, -0.15) is 13.2 Å². The summed E-state index contributed by atoms with van der Waals surface area (Å²) in [6.07, 6.45) is -1.46. The van der Waals surface area contributed by atoms with E-state index in [2.05, 4.69) is 25.3 Å². The highest BCUT2D eigenvalue weighted by atomic mass is 19.4. The highest BCUT2D eigenvalue weighted by Crippen LogP contribution is 2.45. The standard InChI is InChI=1S/C22H16F5N7O/c1-21(10-2-3-11(23)12(24)8-10)15-16(28)31-17(32-18(15)33-20(21)35)14-9-34-7-6-29-19(34)13(30-14)4-5-22(25,26)27/h2-3,6-9H,4-5H2,1H3,(H3,28,31,32,33,35). The number of benzene rings is 1. The molecule has 3 aromatic heterocycles. The second-order valence-electron chi connectivity index (χ2n) is 8.21. The molecule has 3 N–H and O–H groups in total. The Morgan fingerprint density at radius 1 is 1.14 bits per heavy atom. The van der Waals surface area contributed by atoms with Gasteiger partial charge in [0.05, 0.1) is 11.3 Å². The van der Waals surface area contributed by atoms with Crippen molar-refractivity contribution in [3.05, 3.63) is 65.2 Å². The van der Waals surface area contributed by atoms with Crippen LogP contribution in [0, 0.1) is 11.6 Å². The molecule has 1 aliphatic heterocycles. The molecule has 13 heteroatoms. The van der Waals surface area contributed by atoms with Crippen LogP contribution in [-0.2, 0) is 16.6 Å². The van der Waals surface area contributed by atoms with Gasteiger partial charge >= 0.3 is 6.18 Å². The number of aryl methyl sites for hydroxylation is 1. The van der Waals surface area contributed by atoms with Crippen molar-refractivity contribution in [3.63, 3.8) is 0 Å². The maximum atomic E-state index is 13.9. The molecule has 0 radical (unpaired) electrons. The highest BCUT2D eigenvalue weighted by Gasteiger charge is 2.48. The summed E-state index contributed by atoms with van der Waals surface area (Å²) in [6.45, 7) is 1.48. The van der Waals surface area contributed by atoms with Crippen LogP contribution in [0.4, 0.5) is 33.6 Å². The van der Waals surface area contributed by atoms with Gasteiger partial charge in [-0.25, -0.2) is 28.7 Å². The quantitative estimate of drug-likeness (QED) is 0.422. The van der Waals surface area contributed by atoms with Crippen molar-refractivity contribution in [1.29, 1.82) is 0 Å². The van der Waals surface area contributed by atoms with E-state index in [0.717, 1.165) is 12.1 Å². The lowest BCUT2D eigenvalue weighted by molar-refractivity contribution is -0.134. The molecule has 0 aliphatic carbocycles. The van der Waals surface area contributed by atoms with E-state index >= 15 is 0 Å². The van der Waals surface area contributed by atoms with Gasteiger partial charge < -0.3 is 15.5 Å². The van der Waals surface area contributed by atoms with Crippen molar-refractivity contribution < 1.29 is 26.7 Å². The number of nitrogens with one attached hydrogen (secondary N) is 1. The summed E-state index contributed by atoms with van der Waals surface area (Å²) < 4.78 is 67.3. The molecule has 8 nitrogen and oxygen atoms in total. The minimum Gasteiger partial charge on any atom is -0.383 e. The van der Waals surface area contributed by atoms with Crippen molar-refractivity contribution in [2.45, 2.75) is 31.4 Å². The number of carbonyl (C=O) groups is 1. The number of rotatable bonds is 4. The lowest BCUT2D eigenvalue weighted by Crippen LogP contribution is -2.33. The van der Waals surface area contributed by atoms with Gasteiger partial charge in [-0.05, 0) is 24.6 Å². The zero-order chi connectivity index (χ0) is 25.1. The monoisotopic (exact) mass is 489 g/mol. The molecule has 1 aliphatic rings. The number of anilines is 2. The summed E-state index contributed by atoms with van der Waals surface area (Å²) in [5.41, 5.74) is 5.44. The van der Waals surface area contributed by atoms with E-state index < -0.39 is 42.0 Å². The third kappa shape index (κ3) is 3.72. The van der Waals surface area contributed by atoms with Gasteiger partial charge in [-0.3, -0.25) is 4.79 Å². The zero-order valence-corrected chi connectivity index (χ0v) is 18.0. The van der Waals surface area contributed by atoms with Crippen LogP contribution in [0.5, 0.6) is 0 Å². The molecule has 0 spiro atoms. The van der Waals surface area contributed by atoms with Crippen molar-refractivity contribution >= 4 is 23.2 Å². The molecule has 4 aromatic rings. The molecule has 0 saturated heterocycles. The minimum atomic E-state index is -4.38. The Hall–Kier alpha value is -4.16. The third-order valence-corrected chi connectivity index (χ3v) is 5.94. The molecule has 0 fully saturated rings. The number of imidazole rings is 1. The number of halogens is 5. The number of alkyl halides is 3. The fraction of sp³-hybridized carbons (Fsp3) is 0.227. The number of hydrogen-bond acceptors (Lipinski definition) is 6. The zero-order valence-electron chi connectivity index (χ0n) is 18.0. The van der Waals surface area contributed by atoms with Crippen LogP contribution in [0.1, 0.15) is 30.2 Å². The molecule has 1 aromatic carbocycles. The first-order valence-corrected chi connectivity index (χ1v) is 10.3. The van der Waals surface area contributed by atoms with Crippen LogP contribution in [-0.4, -0.2) is 36.4 Å². The molecular weight excluding hydrogens is 473 g/mol. The van der Waals surface area contributed by atoms with E-state index in [1.807, 2.05) is 0 Å². The van der Waals surface area contributed by atoms with Crippen LogP contribution in [0.2, 0.25) is 0 Å². The summed E-state index contributed by atoms with van der Waals surface area (Å²) in [5, 5.41) is 2.58. The van der Waals surface area contributed by atoms with E-state index in [1.165, 1.54) is 36.0 Å². The van der Waals surface area contributed by atoms with Crippen molar-refractivity contribution in [1.82, 2.24) is 24.3 Å². The van der Waals surface area contributed by atoms with Crippen molar-refractivity contribution in [2.75, 3.05) is 11.1 Å². The average molecular weight is 489 g/mol. The molecule has 1 atom stereocenters. The van der Waals surface area contributed by atoms with Crippen LogP contribution in [0.15, 0.2) is 36.8 Å². The Labute approximate surface area is 194 Å². The normalized spacial score (nSPS) is 17.6. The molecule has 0 bridgehead atoms. The molecular formula is C22H16F5N7O. The van der Waals surface area contributed by atoms with E-state index in [1.54, 1.807) is 0 Å². The lowest BCUT2D eigenvalue weighted by atomic mass is 9.77. The summed E-state index contributed by atoms with van der Waals surface area (Å²) in [4.78, 5) is 29.8. The number of nitrogens with zero attached hydrogens (tertiary/aromatic N) is 5. The summed E-state index contributed by atoms with van der Waals surface area (Å²) in [7, 11) is 0. The Bertz CT molecular complexity index is 1500. The van der Waals surface area contributed by atoms with Gasteiger partial charge in [0.2, 0.25) is 5.91 Å². The first-order valence-electron chi connectivity index (χ1n) is 10.3. The number of amides is 1. The van der Waals surface area contributed by atoms with Crippen LogP contribution >= 0.6 is 0 Å². The Morgan fingerprint density at radius 2 is 1.91 bits per heavy atom. The maximum absolute atomic E-state index is 13.9. The summed E-state index contributed by atoms with van der Waals surface area (Å²) >= 11 is 0. The minimum absolute atomic E-state index is 0.0362. The largest absolute Gasteiger partial charge is 0.389 e. The van der Waals surface area contributed by atoms with Crippen molar-refractivity contribution in [2.24, 2.45) is 0 Å². The number of nitrogen functional groups attached to an aromatic ring is 1. The van der Waals surface area contributed by atoms with Gasteiger partial charge in [0, 0.05) is 31.4 Å². The molecule has 5 rings (SSSR count). The van der Waals surface area contributed by atoms with Crippen LogP contribution in [0.3, 0.4) is 0 Å². The Morgan fingerprint density at radius 3 is 2.63 bits per heavy atom. The SMILES string of the molecule is CC1(c2ccc(F)c(F)c2)C(=O)Nc2nc(-c3cn4ccnc4c(CCC(F)(F)F)n3)nc(N)c21. The number of aromatic nitrogens is 5. The van der Waals surface area contributed by atoms with Gasteiger partial charge in [0.15, 0.2) is 23.1 Å². The molecule has 0 saturated carbocycles. The second kappa shape index (κ2) is 7.68. The van der Waals surface area contributed by atoms with Gasteiger partial charge in [-0.15, -0.1) is 0 Å². The topological polar surface area (TPSA) is 111 Å². The number of carbonyl (C=O) groups excluding carboxylic acids is 1. The molecule has 4 heterocycles. The molecule has 35 heavy (non-hydrogen) atoms. The third-order valence-electron chi connectivity index (χ3n) is 5.94. The van der Waals surface area contributed by atoms with Gasteiger partial charge in [0.1, 0.15) is 22.7 Å². The predicted molar refractivity (Wildman–Crippen MR) is 114 cm³/mol. The summed E-state index contributed by atoms with van der Waals surface area (Å²) in [6, 6.07) is 3.07. The van der Waals surface area contributed by atoms with E-state index in [0.29, 0.717) is 0 Å². The maximum Gasteiger partial charge on any atom is 0.389 e. The average Bonchev–Trinajstić information content (AvgIpc) is 3.36. The molecule has 1 amide bonds. The summed E-state index contributed by atoms with van der Waals surface area (Å²) in [5.74, 6) is -2.92. The predicted octanol–water partition coefficient (Wildman–Crippen LogP) is 3.80. The van der Waals surface area contributed by atoms with E-state index in [4.69, 9.17) is 5.73 Å². The molecule has 1 unspecified atom stereocenters. The Kier molecular flexibility index (Phi) is 4.97. The van der Waals surface area contributed by atoms with Crippen LogP contribution in [0.25, 0.3) is 17.2 Å². The highest BCUT2D eigenvalue weighted by molar-refractivity contribution is 6.09. The molecule has 180 valence electrons. The number of hydrogen-bond donors (Lipinski definition) is 2. The fourth-order valence-electron chi connectivity index (χ4n) is 4.14. The number of nitrogens with two attached hydrogens (primary N) is 1. The number of fused-ring (bicyclic) bond motifs is 2. The van der Waals surface area contributed by atoms with Crippen molar-refractivity contribution in [3.8, 4) is 11.5 Å². The Balaban J connectivity index is 1.61. The lowest BCUT2D eigenvalue weighted by Gasteiger charge is -2.23. The van der Waals surface area contributed by atoms with Gasteiger partial charge in [-0.1, -0.05) is 6.07 Å². The van der Waals surface area contributed by atoms with E-state index in [-0.39, 0.29) is 45.6 Å². The van der Waals surface area contributed by atoms with Gasteiger partial charge in [0.25, 0.3) is 0 Å². The first kappa shape index (κ1) is 22.6. The fourth-order valence-corrected chi connectivity index (χ4v) is 4.14. The van der Waals surface area contributed by atoms with E-state index in [9.17, 15) is 26.7 Å². The first-order chi connectivity index (χ1) is 16.5. The van der Waals surface area contributed by atoms with Crippen LogP contribution < -0.4 is 11.1 Å². The second-order valence-corrected chi connectivity index (χ2v) is 8.21.